The molecule has 1 saturated carbocycles. The average molecular weight is 499 g/mol. The molecule has 4 rings (SSSR count). The number of hydrogen-bond acceptors (Lipinski definition) is 5. The monoisotopic (exact) mass is 498 g/mol. The highest BCUT2D eigenvalue weighted by Gasteiger charge is 2.45. The van der Waals surface area contributed by atoms with Gasteiger partial charge in [-0.2, -0.15) is 18.4 Å². The normalized spacial score (nSPS) is 24.7. The number of nitrogens with zero attached hydrogens (tertiary/aromatic N) is 3. The molecule has 3 fully saturated rings. The first-order valence-electron chi connectivity index (χ1n) is 11.7. The number of anilines is 1. The minimum absolute atomic E-state index is 0.0432. The summed E-state index contributed by atoms with van der Waals surface area (Å²) in [7, 11) is -3.27. The van der Waals surface area contributed by atoms with Crippen LogP contribution in [0.2, 0.25) is 0 Å². The predicted molar refractivity (Wildman–Crippen MR) is 120 cm³/mol. The molecule has 2 saturated heterocycles. The van der Waals surface area contributed by atoms with Crippen molar-refractivity contribution < 1.29 is 26.4 Å². The number of amides is 1. The van der Waals surface area contributed by atoms with Crippen LogP contribution in [0.5, 0.6) is 0 Å². The summed E-state index contributed by atoms with van der Waals surface area (Å²) < 4.78 is 66.4. The zero-order valence-electron chi connectivity index (χ0n) is 19.0. The highest BCUT2D eigenvalue weighted by Crippen LogP contribution is 2.40. The van der Waals surface area contributed by atoms with Crippen molar-refractivity contribution >= 4 is 21.6 Å². The molecule has 3 aliphatic rings. The smallest absolute Gasteiger partial charge is 0.370 e. The third-order valence-corrected chi connectivity index (χ3v) is 9.16. The van der Waals surface area contributed by atoms with Gasteiger partial charge in [-0.25, -0.2) is 12.7 Å². The summed E-state index contributed by atoms with van der Waals surface area (Å²) in [5.41, 5.74) is -1.07. The fourth-order valence-electron chi connectivity index (χ4n) is 5.16. The highest BCUT2D eigenvalue weighted by molar-refractivity contribution is 7.89. The molecule has 34 heavy (non-hydrogen) atoms. The van der Waals surface area contributed by atoms with E-state index < -0.39 is 27.3 Å². The Hall–Kier alpha value is -2.32. The largest absolute Gasteiger partial charge is 0.417 e. The number of piperidine rings is 1. The van der Waals surface area contributed by atoms with E-state index in [2.05, 4.69) is 5.32 Å². The topological polar surface area (TPSA) is 93.5 Å². The Morgan fingerprint density at radius 1 is 1.18 bits per heavy atom. The Kier molecular flexibility index (Phi) is 6.84. The van der Waals surface area contributed by atoms with Gasteiger partial charge in [0.2, 0.25) is 15.9 Å². The number of alkyl halides is 3. The predicted octanol–water partition coefficient (Wildman–Crippen LogP) is 2.97. The van der Waals surface area contributed by atoms with E-state index >= 15 is 0 Å². The number of carbonyl (C=O) groups excluding carboxylic acids is 1. The van der Waals surface area contributed by atoms with Gasteiger partial charge in [0.1, 0.15) is 0 Å². The summed E-state index contributed by atoms with van der Waals surface area (Å²) in [6.45, 7) is 3.10. The van der Waals surface area contributed by atoms with Gasteiger partial charge in [-0.15, -0.1) is 0 Å². The Morgan fingerprint density at radius 3 is 2.41 bits per heavy atom. The molecular weight excluding hydrogens is 469 g/mol. The van der Waals surface area contributed by atoms with Crippen LogP contribution >= 0.6 is 0 Å². The van der Waals surface area contributed by atoms with Gasteiger partial charge < -0.3 is 10.2 Å². The van der Waals surface area contributed by atoms with Crippen molar-refractivity contribution in [2.45, 2.75) is 44.8 Å². The van der Waals surface area contributed by atoms with E-state index in [1.54, 1.807) is 17.9 Å². The lowest BCUT2D eigenvalue weighted by Gasteiger charge is -2.35. The second-order valence-electron chi connectivity index (χ2n) is 9.43. The molecule has 1 N–H and O–H groups in total. The fourth-order valence-corrected chi connectivity index (χ4v) is 6.29. The molecule has 0 spiro atoms. The van der Waals surface area contributed by atoms with E-state index in [1.165, 1.54) is 16.4 Å². The van der Waals surface area contributed by atoms with Gasteiger partial charge in [-0.3, -0.25) is 4.79 Å². The first-order chi connectivity index (χ1) is 16.0. The molecule has 2 atom stereocenters. The first kappa shape index (κ1) is 24.8. The van der Waals surface area contributed by atoms with Crippen molar-refractivity contribution in [1.82, 2.24) is 9.62 Å². The van der Waals surface area contributed by atoms with Crippen molar-refractivity contribution in [3.8, 4) is 6.07 Å². The quantitative estimate of drug-likeness (QED) is 0.651. The maximum Gasteiger partial charge on any atom is 0.417 e. The molecule has 0 aromatic heterocycles. The van der Waals surface area contributed by atoms with Gasteiger partial charge in [0.05, 0.1) is 28.9 Å². The van der Waals surface area contributed by atoms with E-state index in [4.69, 9.17) is 5.26 Å². The number of hydrogen-bond donors (Lipinski definition) is 1. The van der Waals surface area contributed by atoms with Crippen molar-refractivity contribution in [2.24, 2.45) is 17.8 Å². The Labute approximate surface area is 197 Å². The summed E-state index contributed by atoms with van der Waals surface area (Å²) in [4.78, 5) is 14.9. The van der Waals surface area contributed by atoms with E-state index in [0.717, 1.165) is 18.9 Å². The summed E-state index contributed by atoms with van der Waals surface area (Å²) in [5, 5.41) is 12.1. The maximum absolute atomic E-state index is 13.5. The fraction of sp³-hybridized carbons (Fsp3) is 0.652. The van der Waals surface area contributed by atoms with E-state index in [9.17, 15) is 26.4 Å². The molecule has 2 aliphatic heterocycles. The van der Waals surface area contributed by atoms with Crippen LogP contribution in [0.4, 0.5) is 18.9 Å². The zero-order valence-corrected chi connectivity index (χ0v) is 19.8. The first-order valence-corrected chi connectivity index (χ1v) is 13.3. The molecule has 7 nitrogen and oxygen atoms in total. The molecule has 0 bridgehead atoms. The second-order valence-corrected chi connectivity index (χ2v) is 11.7. The van der Waals surface area contributed by atoms with Crippen LogP contribution < -0.4 is 10.2 Å². The van der Waals surface area contributed by atoms with Crippen LogP contribution in [0.1, 0.15) is 43.7 Å². The molecule has 0 unspecified atom stereocenters. The molecule has 1 aliphatic carbocycles. The average Bonchev–Trinajstić information content (AvgIpc) is 3.51. The summed E-state index contributed by atoms with van der Waals surface area (Å²) >= 11 is 0. The molecule has 186 valence electrons. The number of halogens is 3. The number of carbonyl (C=O) groups is 1. The van der Waals surface area contributed by atoms with Gasteiger partial charge in [-0.05, 0) is 62.6 Å². The number of sulfonamides is 1. The van der Waals surface area contributed by atoms with Gasteiger partial charge in [0.25, 0.3) is 0 Å². The molecule has 1 amide bonds. The maximum atomic E-state index is 13.5. The summed E-state index contributed by atoms with van der Waals surface area (Å²) in [6, 6.07) is 5.45. The van der Waals surface area contributed by atoms with Crippen molar-refractivity contribution in [3.05, 3.63) is 29.3 Å². The van der Waals surface area contributed by atoms with Gasteiger partial charge >= 0.3 is 6.18 Å². The van der Waals surface area contributed by atoms with Crippen molar-refractivity contribution in [1.29, 1.82) is 5.26 Å². The second kappa shape index (κ2) is 9.38. The van der Waals surface area contributed by atoms with Crippen molar-refractivity contribution in [2.75, 3.05) is 36.8 Å². The summed E-state index contributed by atoms with van der Waals surface area (Å²) in [6.07, 6.45) is -1.55. The number of nitriles is 1. The minimum Gasteiger partial charge on any atom is -0.370 e. The van der Waals surface area contributed by atoms with Crippen LogP contribution in [-0.4, -0.2) is 56.6 Å². The minimum atomic E-state index is -4.65. The van der Waals surface area contributed by atoms with Crippen LogP contribution in [0.25, 0.3) is 0 Å². The number of nitrogens with one attached hydrogen (secondary N) is 1. The molecule has 11 heteroatoms. The number of rotatable bonds is 6. The summed E-state index contributed by atoms with van der Waals surface area (Å²) in [5.74, 6) is -0.409. The van der Waals surface area contributed by atoms with Crippen LogP contribution in [0.3, 0.4) is 0 Å². The lowest BCUT2D eigenvalue weighted by molar-refractivity contribution is -0.137. The molecule has 2 heterocycles. The van der Waals surface area contributed by atoms with Crippen LogP contribution in [0.15, 0.2) is 18.2 Å². The van der Waals surface area contributed by atoms with E-state index in [1.807, 2.05) is 0 Å². The van der Waals surface area contributed by atoms with Gasteiger partial charge in [-0.1, -0.05) is 0 Å². The Morgan fingerprint density at radius 2 is 1.85 bits per heavy atom. The lowest BCUT2D eigenvalue weighted by Crippen LogP contribution is -2.44. The Bertz CT molecular complexity index is 1070. The SMILES string of the molecule is CCS(=O)(=O)N1CCC([C@@H]2CN(c3ccc(C#N)c(C(F)(F)F)c3)C[C@H]2C(=O)NC2CC2)CC1. The molecule has 1 aromatic carbocycles. The molecule has 0 radical (unpaired) electrons. The zero-order chi connectivity index (χ0) is 24.7. The van der Waals surface area contributed by atoms with Gasteiger partial charge in [0.15, 0.2) is 0 Å². The highest BCUT2D eigenvalue weighted by atomic mass is 32.2. The van der Waals surface area contributed by atoms with E-state index in [0.29, 0.717) is 44.7 Å². The Balaban J connectivity index is 1.56. The van der Waals surface area contributed by atoms with E-state index in [-0.39, 0.29) is 35.5 Å². The number of benzene rings is 1. The third-order valence-electron chi connectivity index (χ3n) is 7.28. The third kappa shape index (κ3) is 5.18. The lowest BCUT2D eigenvalue weighted by atomic mass is 9.78. The van der Waals surface area contributed by atoms with Crippen molar-refractivity contribution in [3.63, 3.8) is 0 Å². The standard InChI is InChI=1S/C23H29F3N4O3S/c1-2-34(32,33)30-9-7-15(8-10-30)19-13-29(14-20(19)22(31)28-17-4-5-17)18-6-3-16(12-27)21(11-18)23(24,25)26/h3,6,11,15,17,19-20H,2,4-5,7-10,13-14H2,1H3,(H,28,31)/t19-,20+/m0/s1. The molecule has 1 aromatic rings. The van der Waals surface area contributed by atoms with Gasteiger partial charge in [0, 0.05) is 37.9 Å². The molecular formula is C23H29F3N4O3S. The van der Waals surface area contributed by atoms with Crippen LogP contribution in [0, 0.1) is 29.1 Å². The van der Waals surface area contributed by atoms with Crippen LogP contribution in [-0.2, 0) is 21.0 Å².